The van der Waals surface area contributed by atoms with E-state index in [1.165, 1.54) is 0 Å². The molecule has 2 nitrogen and oxygen atoms in total. The van der Waals surface area contributed by atoms with Gasteiger partial charge in [-0.25, -0.2) is 0 Å². The maximum absolute atomic E-state index is 8.61. The van der Waals surface area contributed by atoms with Gasteiger partial charge in [-0.15, -0.1) is 0 Å². The van der Waals surface area contributed by atoms with E-state index in [4.69, 9.17) is 10.00 Å². The minimum Gasteiger partial charge on any atom is -0.377 e. The van der Waals surface area contributed by atoms with Crippen molar-refractivity contribution < 1.29 is 4.74 Å². The van der Waals surface area contributed by atoms with Crippen LogP contribution >= 0.6 is 11.8 Å². The van der Waals surface area contributed by atoms with Crippen molar-refractivity contribution in [1.29, 1.82) is 5.26 Å². The summed E-state index contributed by atoms with van der Waals surface area (Å²) < 4.78 is 5.49. The van der Waals surface area contributed by atoms with Gasteiger partial charge in [-0.1, -0.05) is 6.92 Å². The molecule has 74 valence electrons. The summed E-state index contributed by atoms with van der Waals surface area (Å²) in [7, 11) is 0. The normalized spacial score (nSPS) is 29.9. The van der Waals surface area contributed by atoms with Crippen LogP contribution in [0.4, 0.5) is 0 Å². The second kappa shape index (κ2) is 5.51. The predicted octanol–water partition coefficient (Wildman–Crippen LogP) is 2.59. The van der Waals surface area contributed by atoms with E-state index >= 15 is 0 Å². The fourth-order valence-corrected chi connectivity index (χ4v) is 2.92. The van der Waals surface area contributed by atoms with Crippen LogP contribution in [0.15, 0.2) is 0 Å². The van der Waals surface area contributed by atoms with Crippen LogP contribution in [-0.2, 0) is 4.74 Å². The lowest BCUT2D eigenvalue weighted by molar-refractivity contribution is 0.127. The summed E-state index contributed by atoms with van der Waals surface area (Å²) in [5.74, 6) is 0. The second-order valence-electron chi connectivity index (χ2n) is 3.43. The summed E-state index contributed by atoms with van der Waals surface area (Å²) in [6, 6.07) is 2.25. The Bertz CT molecular complexity index is 190. The van der Waals surface area contributed by atoms with E-state index in [9.17, 15) is 0 Å². The Morgan fingerprint density at radius 1 is 1.69 bits per heavy atom. The van der Waals surface area contributed by atoms with Crippen molar-refractivity contribution in [2.24, 2.45) is 0 Å². The Kier molecular flexibility index (Phi) is 4.61. The van der Waals surface area contributed by atoms with Gasteiger partial charge in [-0.2, -0.15) is 17.0 Å². The number of rotatable bonds is 4. The van der Waals surface area contributed by atoms with Gasteiger partial charge in [0.15, 0.2) is 0 Å². The first-order valence-electron chi connectivity index (χ1n) is 4.92. The van der Waals surface area contributed by atoms with Crippen LogP contribution in [0.5, 0.6) is 0 Å². The molecular weight excluding hydrogens is 182 g/mol. The number of nitriles is 1. The molecule has 3 atom stereocenters. The highest BCUT2D eigenvalue weighted by atomic mass is 32.2. The zero-order chi connectivity index (χ0) is 9.68. The molecule has 1 heterocycles. The molecule has 0 aromatic heterocycles. The molecule has 1 fully saturated rings. The molecule has 0 saturated carbocycles. The molecule has 1 aliphatic heterocycles. The molecule has 1 rings (SSSR count). The van der Waals surface area contributed by atoms with Crippen molar-refractivity contribution in [1.82, 2.24) is 0 Å². The smallest absolute Gasteiger partial charge is 0.0666 e. The van der Waals surface area contributed by atoms with Gasteiger partial charge in [0, 0.05) is 23.5 Å². The van der Waals surface area contributed by atoms with Crippen LogP contribution in [-0.4, -0.2) is 23.2 Å². The number of nitrogens with zero attached hydrogens (tertiary/aromatic N) is 1. The van der Waals surface area contributed by atoms with Crippen molar-refractivity contribution in [3.8, 4) is 6.07 Å². The molecule has 0 spiro atoms. The topological polar surface area (TPSA) is 33.0 Å². The zero-order valence-electron chi connectivity index (χ0n) is 8.32. The lowest BCUT2D eigenvalue weighted by Gasteiger charge is -2.18. The highest BCUT2D eigenvalue weighted by Gasteiger charge is 2.26. The lowest BCUT2D eigenvalue weighted by Crippen LogP contribution is -2.17. The molecule has 1 aliphatic rings. The molecule has 1 saturated heterocycles. The number of thioether (sulfide) groups is 1. The van der Waals surface area contributed by atoms with Gasteiger partial charge in [0.2, 0.25) is 0 Å². The Hall–Kier alpha value is -0.200. The van der Waals surface area contributed by atoms with Crippen molar-refractivity contribution in [2.45, 2.75) is 49.7 Å². The summed E-state index contributed by atoms with van der Waals surface area (Å²) in [5, 5.41) is 9.72. The predicted molar refractivity (Wildman–Crippen MR) is 55.7 cm³/mol. The van der Waals surface area contributed by atoms with E-state index in [1.807, 2.05) is 11.8 Å². The van der Waals surface area contributed by atoms with Gasteiger partial charge >= 0.3 is 0 Å². The molecule has 0 aliphatic carbocycles. The molecule has 0 aromatic rings. The van der Waals surface area contributed by atoms with Gasteiger partial charge in [-0.05, 0) is 19.8 Å². The molecule has 0 bridgehead atoms. The maximum Gasteiger partial charge on any atom is 0.0666 e. The SMILES string of the molecule is CCC(CC#N)SC1CCOC1C. The third kappa shape index (κ3) is 3.21. The number of hydrogen-bond acceptors (Lipinski definition) is 3. The first-order valence-corrected chi connectivity index (χ1v) is 5.86. The first-order chi connectivity index (χ1) is 6.27. The molecule has 0 N–H and O–H groups in total. The van der Waals surface area contributed by atoms with Gasteiger partial charge in [0.05, 0.1) is 12.2 Å². The molecule has 0 radical (unpaired) electrons. The molecule has 3 heteroatoms. The van der Waals surface area contributed by atoms with Crippen molar-refractivity contribution >= 4 is 11.8 Å². The zero-order valence-corrected chi connectivity index (χ0v) is 9.14. The van der Waals surface area contributed by atoms with Gasteiger partial charge in [0.25, 0.3) is 0 Å². The fourth-order valence-electron chi connectivity index (χ4n) is 1.53. The third-order valence-electron chi connectivity index (χ3n) is 2.45. The highest BCUT2D eigenvalue weighted by molar-refractivity contribution is 8.00. The van der Waals surface area contributed by atoms with Gasteiger partial charge in [0.1, 0.15) is 0 Å². The van der Waals surface area contributed by atoms with Crippen LogP contribution in [0.3, 0.4) is 0 Å². The van der Waals surface area contributed by atoms with E-state index in [2.05, 4.69) is 19.9 Å². The summed E-state index contributed by atoms with van der Waals surface area (Å²) in [4.78, 5) is 0. The van der Waals surface area contributed by atoms with Crippen molar-refractivity contribution in [2.75, 3.05) is 6.61 Å². The largest absolute Gasteiger partial charge is 0.377 e. The number of ether oxygens (including phenoxy) is 1. The van der Waals surface area contributed by atoms with E-state index in [-0.39, 0.29) is 0 Å². The van der Waals surface area contributed by atoms with Crippen LogP contribution < -0.4 is 0 Å². The summed E-state index contributed by atoms with van der Waals surface area (Å²) in [6.45, 7) is 5.17. The Morgan fingerprint density at radius 3 is 2.92 bits per heavy atom. The van der Waals surface area contributed by atoms with Crippen LogP contribution in [0.1, 0.15) is 33.1 Å². The minimum atomic E-state index is 0.373. The third-order valence-corrected chi connectivity index (χ3v) is 4.30. The summed E-state index contributed by atoms with van der Waals surface area (Å²) in [5.41, 5.74) is 0. The number of hydrogen-bond donors (Lipinski definition) is 0. The van der Waals surface area contributed by atoms with E-state index in [0.717, 1.165) is 19.4 Å². The summed E-state index contributed by atoms with van der Waals surface area (Å²) in [6.07, 6.45) is 3.28. The quantitative estimate of drug-likeness (QED) is 0.697. The average molecular weight is 199 g/mol. The molecular formula is C10H17NOS. The fraction of sp³-hybridized carbons (Fsp3) is 0.900. The molecule has 3 unspecified atom stereocenters. The van der Waals surface area contributed by atoms with Crippen molar-refractivity contribution in [3.05, 3.63) is 0 Å². The van der Waals surface area contributed by atoms with Crippen molar-refractivity contribution in [3.63, 3.8) is 0 Å². The second-order valence-corrected chi connectivity index (χ2v) is 4.98. The maximum atomic E-state index is 8.61. The Labute approximate surface area is 84.6 Å². The van der Waals surface area contributed by atoms with Gasteiger partial charge in [-0.3, -0.25) is 0 Å². The highest BCUT2D eigenvalue weighted by Crippen LogP contribution is 2.31. The van der Waals surface area contributed by atoms with Gasteiger partial charge < -0.3 is 4.74 Å². The average Bonchev–Trinajstić information content (AvgIpc) is 2.51. The minimum absolute atomic E-state index is 0.373. The standard InChI is InChI=1S/C10H17NOS/c1-3-9(4-6-11)13-10-5-7-12-8(10)2/h8-10H,3-5,7H2,1-2H3. The molecule has 0 amide bonds. The summed E-state index contributed by atoms with van der Waals surface area (Å²) >= 11 is 1.94. The first kappa shape index (κ1) is 10.9. The van der Waals surface area contributed by atoms with E-state index in [0.29, 0.717) is 23.0 Å². The monoisotopic (exact) mass is 199 g/mol. The van der Waals surface area contributed by atoms with E-state index in [1.54, 1.807) is 0 Å². The van der Waals surface area contributed by atoms with Crippen LogP contribution in [0.25, 0.3) is 0 Å². The lowest BCUT2D eigenvalue weighted by atomic mass is 10.2. The Balaban J connectivity index is 2.32. The van der Waals surface area contributed by atoms with Crippen LogP contribution in [0.2, 0.25) is 0 Å². The Morgan fingerprint density at radius 2 is 2.46 bits per heavy atom. The van der Waals surface area contributed by atoms with Crippen LogP contribution in [0, 0.1) is 11.3 Å². The molecule has 13 heavy (non-hydrogen) atoms. The van der Waals surface area contributed by atoms with E-state index < -0.39 is 0 Å². The molecule has 0 aromatic carbocycles.